The number of piperazine rings is 1. The van der Waals surface area contributed by atoms with Crippen molar-refractivity contribution in [3.63, 3.8) is 0 Å². The van der Waals surface area contributed by atoms with E-state index in [4.69, 9.17) is 23.8 Å². The summed E-state index contributed by atoms with van der Waals surface area (Å²) in [6, 6.07) is 13.3. The highest BCUT2D eigenvalue weighted by Gasteiger charge is 2.39. The molecule has 1 saturated heterocycles. The topological polar surface area (TPSA) is 41.6 Å². The van der Waals surface area contributed by atoms with Gasteiger partial charge in [-0.1, -0.05) is 41.9 Å². The molecule has 0 spiro atoms. The molecule has 35 heavy (non-hydrogen) atoms. The molecule has 0 N–H and O–H groups in total. The molecule has 11 heteroatoms. The van der Waals surface area contributed by atoms with E-state index in [-0.39, 0.29) is 11.4 Å². The summed E-state index contributed by atoms with van der Waals surface area (Å²) < 4.78 is 42.9. The van der Waals surface area contributed by atoms with Gasteiger partial charge in [-0.2, -0.15) is 22.9 Å². The first-order valence-electron chi connectivity index (χ1n) is 11.2. The second-order valence-corrected chi connectivity index (χ2v) is 9.47. The minimum absolute atomic E-state index is 0.0963. The number of hydrogen-bond donors (Lipinski definition) is 0. The maximum atomic E-state index is 13.7. The van der Waals surface area contributed by atoms with Crippen molar-refractivity contribution in [2.24, 2.45) is 5.10 Å². The zero-order valence-electron chi connectivity index (χ0n) is 19.5. The van der Waals surface area contributed by atoms with Crippen LogP contribution in [0.15, 0.2) is 47.6 Å². The number of nitrogens with zero attached hydrogens (tertiary/aromatic N) is 6. The molecule has 0 aliphatic carbocycles. The molecule has 186 valence electrons. The van der Waals surface area contributed by atoms with E-state index in [9.17, 15) is 13.2 Å². The van der Waals surface area contributed by atoms with Gasteiger partial charge in [-0.05, 0) is 60.5 Å². The molecule has 4 rings (SSSR count). The summed E-state index contributed by atoms with van der Waals surface area (Å²) in [7, 11) is 0. The smallest absolute Gasteiger partial charge is 0.297 e. The van der Waals surface area contributed by atoms with Crippen molar-refractivity contribution in [3.8, 4) is 0 Å². The van der Waals surface area contributed by atoms with Crippen LogP contribution in [0.5, 0.6) is 0 Å². The van der Waals surface area contributed by atoms with Gasteiger partial charge in [0.25, 0.3) is 5.82 Å². The third kappa shape index (κ3) is 6.38. The highest BCUT2D eigenvalue weighted by atomic mass is 35.5. The van der Waals surface area contributed by atoms with Gasteiger partial charge in [0.2, 0.25) is 4.77 Å². The maximum absolute atomic E-state index is 13.7. The fraction of sp³-hybridized carbons (Fsp3) is 0.375. The van der Waals surface area contributed by atoms with Gasteiger partial charge in [0.15, 0.2) is 0 Å². The zero-order chi connectivity index (χ0) is 25.2. The van der Waals surface area contributed by atoms with Gasteiger partial charge < -0.3 is 0 Å². The molecule has 0 amide bonds. The van der Waals surface area contributed by atoms with Crippen molar-refractivity contribution in [1.29, 1.82) is 0 Å². The molecule has 0 saturated carbocycles. The summed E-state index contributed by atoms with van der Waals surface area (Å²) in [4.78, 5) is 4.34. The number of rotatable bonds is 6. The third-order valence-corrected chi connectivity index (χ3v) is 6.68. The van der Waals surface area contributed by atoms with E-state index in [1.165, 1.54) is 16.5 Å². The molecule has 2 aromatic carbocycles. The average molecular weight is 523 g/mol. The Kier molecular flexibility index (Phi) is 7.75. The van der Waals surface area contributed by atoms with Crippen molar-refractivity contribution in [3.05, 3.63) is 80.3 Å². The summed E-state index contributed by atoms with van der Waals surface area (Å²) in [5.41, 5.74) is 3.98. The van der Waals surface area contributed by atoms with Gasteiger partial charge in [-0.15, -0.1) is 5.10 Å². The second kappa shape index (κ2) is 10.6. The maximum Gasteiger partial charge on any atom is 0.453 e. The fourth-order valence-electron chi connectivity index (χ4n) is 3.87. The number of benzene rings is 2. The lowest BCUT2D eigenvalue weighted by molar-refractivity contribution is -0.147. The van der Waals surface area contributed by atoms with E-state index in [1.54, 1.807) is 6.07 Å². The molecule has 0 bridgehead atoms. The fourth-order valence-corrected chi connectivity index (χ4v) is 4.23. The van der Waals surface area contributed by atoms with Gasteiger partial charge in [0, 0.05) is 37.7 Å². The number of aromatic nitrogens is 3. The van der Waals surface area contributed by atoms with Crippen molar-refractivity contribution in [2.75, 3.05) is 26.2 Å². The molecule has 6 nitrogen and oxygen atoms in total. The van der Waals surface area contributed by atoms with Gasteiger partial charge in [0.05, 0.1) is 12.9 Å². The van der Waals surface area contributed by atoms with E-state index < -0.39 is 12.0 Å². The quantitative estimate of drug-likeness (QED) is 0.323. The van der Waals surface area contributed by atoms with Crippen LogP contribution >= 0.6 is 23.8 Å². The Morgan fingerprint density at radius 2 is 1.66 bits per heavy atom. The molecule has 1 aliphatic heterocycles. The van der Waals surface area contributed by atoms with Crippen LogP contribution < -0.4 is 0 Å². The van der Waals surface area contributed by atoms with E-state index >= 15 is 0 Å². The number of hydrogen-bond acceptors (Lipinski definition) is 5. The second-order valence-electron chi connectivity index (χ2n) is 8.67. The summed E-state index contributed by atoms with van der Waals surface area (Å²) in [6.07, 6.45) is -3.31. The van der Waals surface area contributed by atoms with Crippen LogP contribution in [0.3, 0.4) is 0 Å². The van der Waals surface area contributed by atoms with E-state index in [0.717, 1.165) is 30.8 Å². The van der Waals surface area contributed by atoms with Crippen molar-refractivity contribution < 1.29 is 13.2 Å². The predicted octanol–water partition coefficient (Wildman–Crippen LogP) is 5.36. The normalized spacial score (nSPS) is 15.8. The van der Waals surface area contributed by atoms with Gasteiger partial charge in [-0.25, -0.2) is 4.68 Å². The number of aryl methyl sites for hydroxylation is 2. The van der Waals surface area contributed by atoms with Gasteiger partial charge >= 0.3 is 6.18 Å². The van der Waals surface area contributed by atoms with E-state index in [0.29, 0.717) is 28.4 Å². The largest absolute Gasteiger partial charge is 0.453 e. The van der Waals surface area contributed by atoms with Crippen LogP contribution in [-0.4, -0.2) is 56.7 Å². The first-order chi connectivity index (χ1) is 16.6. The first-order valence-corrected chi connectivity index (χ1v) is 12.0. The summed E-state index contributed by atoms with van der Waals surface area (Å²) in [6.45, 7) is 7.82. The molecule has 0 radical (unpaired) electrons. The minimum Gasteiger partial charge on any atom is -0.297 e. The summed E-state index contributed by atoms with van der Waals surface area (Å²) >= 11 is 11.3. The van der Waals surface area contributed by atoms with Crippen LogP contribution in [0, 0.1) is 18.6 Å². The molecule has 3 aromatic rings. The van der Waals surface area contributed by atoms with Crippen molar-refractivity contribution >= 4 is 30.0 Å². The van der Waals surface area contributed by atoms with Crippen molar-refractivity contribution in [1.82, 2.24) is 24.3 Å². The number of halogens is 4. The Bertz CT molecular complexity index is 1260. The van der Waals surface area contributed by atoms with Crippen LogP contribution in [0.4, 0.5) is 13.2 Å². The Balaban J connectivity index is 1.46. The molecule has 0 atom stereocenters. The number of alkyl halides is 3. The summed E-state index contributed by atoms with van der Waals surface area (Å²) in [5.74, 6) is -1.14. The van der Waals surface area contributed by atoms with E-state index in [1.807, 2.05) is 55.1 Å². The van der Waals surface area contributed by atoms with E-state index in [2.05, 4.69) is 15.1 Å². The van der Waals surface area contributed by atoms with Crippen LogP contribution in [-0.2, 0) is 19.4 Å². The lowest BCUT2D eigenvalue weighted by Crippen LogP contribution is -2.46. The minimum atomic E-state index is -4.68. The Labute approximate surface area is 212 Å². The molecule has 1 aliphatic rings. The SMILES string of the molecule is Cc1ccc(/C=N/n2c(C(F)(F)F)nn(CN3CCN(Cc4ccc(Cl)cc4)CC3)c2=S)cc1C. The molecule has 0 unspecified atom stereocenters. The first kappa shape index (κ1) is 25.6. The average Bonchev–Trinajstić information content (AvgIpc) is 3.13. The van der Waals surface area contributed by atoms with Crippen molar-refractivity contribution in [2.45, 2.75) is 33.2 Å². The van der Waals surface area contributed by atoms with Gasteiger partial charge in [0.1, 0.15) is 0 Å². The lowest BCUT2D eigenvalue weighted by atomic mass is 10.1. The Morgan fingerprint density at radius 3 is 2.29 bits per heavy atom. The molecule has 1 fully saturated rings. The monoisotopic (exact) mass is 522 g/mol. The third-order valence-electron chi connectivity index (χ3n) is 6.04. The van der Waals surface area contributed by atoms with Crippen LogP contribution in [0.2, 0.25) is 5.02 Å². The van der Waals surface area contributed by atoms with Gasteiger partial charge in [-0.3, -0.25) is 9.80 Å². The molecule has 1 aromatic heterocycles. The molecular formula is C24H26ClF3N6S. The Hall–Kier alpha value is -2.53. The predicted molar refractivity (Wildman–Crippen MR) is 133 cm³/mol. The lowest BCUT2D eigenvalue weighted by Gasteiger charge is -2.34. The standard InChI is InChI=1S/C24H26ClF3N6S/c1-17-3-4-20(13-18(17)2)14-29-34-22(24(26,27)28)30-33(23(34)35)16-32-11-9-31(10-12-32)15-19-5-7-21(25)8-6-19/h3-8,13-14H,9-12,15-16H2,1-2H3/b29-14+. The summed E-state index contributed by atoms with van der Waals surface area (Å²) in [5, 5.41) is 8.52. The molecular weight excluding hydrogens is 497 g/mol. The highest BCUT2D eigenvalue weighted by molar-refractivity contribution is 7.71. The molecule has 2 heterocycles. The zero-order valence-corrected chi connectivity index (χ0v) is 21.0. The van der Waals surface area contributed by atoms with Crippen LogP contribution in [0.25, 0.3) is 0 Å². The van der Waals surface area contributed by atoms with Crippen LogP contribution in [0.1, 0.15) is 28.1 Å². The highest BCUT2D eigenvalue weighted by Crippen LogP contribution is 2.28. The Morgan fingerprint density at radius 1 is 1.00 bits per heavy atom.